The molecule has 2 heterocycles. The SMILES string of the molecule is NC(=O)C#CCc1c[nH]c2ncnc(Oc3ccccc3)c12. The number of para-hydroxylation sites is 1. The van der Waals surface area contributed by atoms with Crippen molar-refractivity contribution in [1.82, 2.24) is 15.0 Å². The molecule has 0 saturated carbocycles. The summed E-state index contributed by atoms with van der Waals surface area (Å²) in [5, 5.41) is 0.741. The highest BCUT2D eigenvalue weighted by molar-refractivity contribution is 5.92. The number of primary amides is 1. The molecule has 22 heavy (non-hydrogen) atoms. The largest absolute Gasteiger partial charge is 0.438 e. The molecule has 0 unspecified atom stereocenters. The van der Waals surface area contributed by atoms with Gasteiger partial charge in [-0.1, -0.05) is 24.1 Å². The number of fused-ring (bicyclic) bond motifs is 1. The third kappa shape index (κ3) is 2.88. The Balaban J connectivity index is 1.98. The van der Waals surface area contributed by atoms with Crippen LogP contribution in [0, 0.1) is 11.8 Å². The molecule has 3 aromatic rings. The highest BCUT2D eigenvalue weighted by atomic mass is 16.5. The second kappa shape index (κ2) is 5.97. The molecule has 3 rings (SSSR count). The van der Waals surface area contributed by atoms with E-state index in [4.69, 9.17) is 10.5 Å². The summed E-state index contributed by atoms with van der Waals surface area (Å²) in [5.41, 5.74) is 6.50. The number of carbonyl (C=O) groups is 1. The van der Waals surface area contributed by atoms with Crippen molar-refractivity contribution >= 4 is 16.9 Å². The first kappa shape index (κ1) is 13.6. The number of nitrogens with zero attached hydrogens (tertiary/aromatic N) is 2. The lowest BCUT2D eigenvalue weighted by Gasteiger charge is -2.05. The van der Waals surface area contributed by atoms with Gasteiger partial charge in [0, 0.05) is 12.6 Å². The van der Waals surface area contributed by atoms with E-state index in [-0.39, 0.29) is 0 Å². The molecule has 6 heteroatoms. The fourth-order valence-corrected chi connectivity index (χ4v) is 2.04. The molecule has 0 aliphatic heterocycles. The molecule has 1 aromatic carbocycles. The molecule has 0 saturated heterocycles. The molecule has 0 spiro atoms. The van der Waals surface area contributed by atoms with Gasteiger partial charge in [-0.15, -0.1) is 0 Å². The molecule has 0 aliphatic carbocycles. The molecule has 1 amide bonds. The first-order chi connectivity index (χ1) is 10.7. The first-order valence-electron chi connectivity index (χ1n) is 6.56. The fourth-order valence-electron chi connectivity index (χ4n) is 2.04. The van der Waals surface area contributed by atoms with Crippen LogP contribution in [0.3, 0.4) is 0 Å². The fraction of sp³-hybridized carbons (Fsp3) is 0.0625. The molecule has 3 N–H and O–H groups in total. The standard InChI is InChI=1S/C16H12N4O2/c17-13(21)8-4-5-11-9-18-15-14(11)16(20-10-19-15)22-12-6-2-1-3-7-12/h1-3,6-7,9-10H,5H2,(H2,17,21)(H,18,19,20). The summed E-state index contributed by atoms with van der Waals surface area (Å²) in [6, 6.07) is 9.35. The summed E-state index contributed by atoms with van der Waals surface area (Å²) in [7, 11) is 0. The summed E-state index contributed by atoms with van der Waals surface area (Å²) >= 11 is 0. The highest BCUT2D eigenvalue weighted by Gasteiger charge is 2.12. The van der Waals surface area contributed by atoms with E-state index >= 15 is 0 Å². The van der Waals surface area contributed by atoms with Crippen molar-refractivity contribution in [2.45, 2.75) is 6.42 Å². The van der Waals surface area contributed by atoms with E-state index in [0.29, 0.717) is 23.7 Å². The number of nitrogens with one attached hydrogen (secondary N) is 1. The number of nitrogens with two attached hydrogens (primary N) is 1. The summed E-state index contributed by atoms with van der Waals surface area (Å²) in [6.45, 7) is 0. The Morgan fingerprint density at radius 1 is 1.27 bits per heavy atom. The van der Waals surface area contributed by atoms with Crippen molar-refractivity contribution in [2.75, 3.05) is 0 Å². The predicted molar refractivity (Wildman–Crippen MR) is 81.1 cm³/mol. The molecule has 0 aliphatic rings. The molecule has 108 valence electrons. The molecule has 0 bridgehead atoms. The molecule has 0 atom stereocenters. The zero-order chi connectivity index (χ0) is 15.4. The van der Waals surface area contributed by atoms with E-state index in [9.17, 15) is 4.79 Å². The lowest BCUT2D eigenvalue weighted by Crippen LogP contribution is -2.06. The number of carbonyl (C=O) groups excluding carboxylic acids is 1. The average Bonchev–Trinajstić information content (AvgIpc) is 2.92. The van der Waals surface area contributed by atoms with E-state index in [2.05, 4.69) is 26.8 Å². The van der Waals surface area contributed by atoms with Gasteiger partial charge in [-0.05, 0) is 23.6 Å². The van der Waals surface area contributed by atoms with Crippen LogP contribution in [-0.4, -0.2) is 20.9 Å². The van der Waals surface area contributed by atoms with Crippen LogP contribution >= 0.6 is 0 Å². The number of amides is 1. The van der Waals surface area contributed by atoms with Gasteiger partial charge in [0.25, 0.3) is 5.91 Å². The molecule has 2 aromatic heterocycles. The summed E-state index contributed by atoms with van der Waals surface area (Å²) in [4.78, 5) is 22.1. The van der Waals surface area contributed by atoms with Crippen LogP contribution in [-0.2, 0) is 11.2 Å². The number of benzene rings is 1. The Kier molecular flexibility index (Phi) is 3.70. The van der Waals surface area contributed by atoms with Gasteiger partial charge in [0.15, 0.2) is 0 Å². The maximum absolute atomic E-state index is 10.7. The Labute approximate surface area is 126 Å². The van der Waals surface area contributed by atoms with Crippen LogP contribution in [0.5, 0.6) is 11.6 Å². The summed E-state index contributed by atoms with van der Waals surface area (Å²) in [6.07, 6.45) is 3.55. The van der Waals surface area contributed by atoms with Crippen LogP contribution in [0.2, 0.25) is 0 Å². The summed E-state index contributed by atoms with van der Waals surface area (Å²) in [5.74, 6) is 5.49. The van der Waals surface area contributed by atoms with Gasteiger partial charge in [-0.3, -0.25) is 4.79 Å². The Hall–Kier alpha value is -3.33. The molecular weight excluding hydrogens is 280 g/mol. The maximum Gasteiger partial charge on any atom is 0.293 e. The normalized spacial score (nSPS) is 10.0. The molecular formula is C16H12N4O2. The van der Waals surface area contributed by atoms with Crippen molar-refractivity contribution in [3.05, 3.63) is 48.4 Å². The molecule has 0 fully saturated rings. The Morgan fingerprint density at radius 2 is 2.09 bits per heavy atom. The van der Waals surface area contributed by atoms with Gasteiger partial charge in [0.2, 0.25) is 5.88 Å². The van der Waals surface area contributed by atoms with Crippen molar-refractivity contribution in [1.29, 1.82) is 0 Å². The van der Waals surface area contributed by atoms with E-state index in [1.807, 2.05) is 30.3 Å². The Bertz CT molecular complexity index is 875. The predicted octanol–water partition coefficient (Wildman–Crippen LogP) is 1.78. The summed E-state index contributed by atoms with van der Waals surface area (Å²) < 4.78 is 5.81. The van der Waals surface area contributed by atoms with Gasteiger partial charge in [-0.25, -0.2) is 9.97 Å². The quantitative estimate of drug-likeness (QED) is 0.719. The second-order valence-electron chi connectivity index (χ2n) is 4.47. The van der Waals surface area contributed by atoms with E-state index in [0.717, 1.165) is 10.9 Å². The highest BCUT2D eigenvalue weighted by Crippen LogP contribution is 2.29. The number of H-pyrrole nitrogens is 1. The topological polar surface area (TPSA) is 93.9 Å². The van der Waals surface area contributed by atoms with Crippen molar-refractivity contribution in [3.8, 4) is 23.5 Å². The minimum atomic E-state index is -0.656. The van der Waals surface area contributed by atoms with Crippen LogP contribution in [0.4, 0.5) is 0 Å². The van der Waals surface area contributed by atoms with Crippen LogP contribution in [0.15, 0.2) is 42.9 Å². The smallest absolute Gasteiger partial charge is 0.293 e. The number of rotatable bonds is 3. The van der Waals surface area contributed by atoms with Crippen LogP contribution < -0.4 is 10.5 Å². The van der Waals surface area contributed by atoms with Gasteiger partial charge in [0.1, 0.15) is 17.7 Å². The number of ether oxygens (including phenoxy) is 1. The third-order valence-corrected chi connectivity index (χ3v) is 2.96. The first-order valence-corrected chi connectivity index (χ1v) is 6.56. The van der Waals surface area contributed by atoms with Crippen molar-refractivity contribution in [2.24, 2.45) is 5.73 Å². The van der Waals surface area contributed by atoms with Crippen molar-refractivity contribution < 1.29 is 9.53 Å². The third-order valence-electron chi connectivity index (χ3n) is 2.96. The Morgan fingerprint density at radius 3 is 2.86 bits per heavy atom. The zero-order valence-electron chi connectivity index (χ0n) is 11.5. The maximum atomic E-state index is 10.7. The number of aromatic amines is 1. The van der Waals surface area contributed by atoms with Crippen LogP contribution in [0.25, 0.3) is 11.0 Å². The lowest BCUT2D eigenvalue weighted by molar-refractivity contribution is -0.112. The van der Waals surface area contributed by atoms with Gasteiger partial charge >= 0.3 is 0 Å². The average molecular weight is 292 g/mol. The van der Waals surface area contributed by atoms with E-state index in [1.54, 1.807) is 6.20 Å². The lowest BCUT2D eigenvalue weighted by atomic mass is 10.2. The number of aromatic nitrogens is 3. The minimum Gasteiger partial charge on any atom is -0.438 e. The number of hydrogen-bond donors (Lipinski definition) is 2. The zero-order valence-corrected chi connectivity index (χ0v) is 11.5. The monoisotopic (exact) mass is 292 g/mol. The van der Waals surface area contributed by atoms with Gasteiger partial charge < -0.3 is 15.5 Å². The molecule has 0 radical (unpaired) electrons. The van der Waals surface area contributed by atoms with Gasteiger partial charge in [0.05, 0.1) is 5.39 Å². The van der Waals surface area contributed by atoms with E-state index in [1.165, 1.54) is 6.33 Å². The van der Waals surface area contributed by atoms with Crippen molar-refractivity contribution in [3.63, 3.8) is 0 Å². The van der Waals surface area contributed by atoms with E-state index < -0.39 is 5.91 Å². The molecule has 6 nitrogen and oxygen atoms in total. The van der Waals surface area contributed by atoms with Gasteiger partial charge in [-0.2, -0.15) is 0 Å². The second-order valence-corrected chi connectivity index (χ2v) is 4.47. The van der Waals surface area contributed by atoms with Crippen LogP contribution in [0.1, 0.15) is 5.56 Å². The minimum absolute atomic E-state index is 0.349. The number of hydrogen-bond acceptors (Lipinski definition) is 4.